The molecule has 154 valence electrons. The van der Waals surface area contributed by atoms with Crippen LogP contribution in [-0.2, 0) is 27.9 Å². The Morgan fingerprint density at radius 3 is 2.38 bits per heavy atom. The van der Waals surface area contributed by atoms with Gasteiger partial charge < -0.3 is 9.64 Å². The van der Waals surface area contributed by atoms with E-state index in [2.05, 4.69) is 0 Å². The number of thiophene rings is 2. The molecule has 0 N–H and O–H groups in total. The Morgan fingerprint density at radius 1 is 1.00 bits per heavy atom. The van der Waals surface area contributed by atoms with Crippen molar-refractivity contribution in [2.75, 3.05) is 20.7 Å². The quantitative estimate of drug-likeness (QED) is 0.499. The van der Waals surface area contributed by atoms with Gasteiger partial charge in [-0.1, -0.05) is 30.3 Å². The fraction of sp³-hybridized carbons (Fsp3) is 0.250. The lowest BCUT2D eigenvalue weighted by atomic mass is 10.2. The second-order valence-electron chi connectivity index (χ2n) is 6.33. The van der Waals surface area contributed by atoms with E-state index in [-0.39, 0.29) is 16.7 Å². The van der Waals surface area contributed by atoms with Crippen molar-refractivity contribution >= 4 is 38.6 Å². The van der Waals surface area contributed by atoms with Gasteiger partial charge in [0.2, 0.25) is 5.91 Å². The summed E-state index contributed by atoms with van der Waals surface area (Å²) in [5.74, 6) is 0.419. The third-order valence-corrected chi connectivity index (χ3v) is 8.39. The first-order valence-electron chi connectivity index (χ1n) is 8.83. The molecule has 1 aromatic carbocycles. The van der Waals surface area contributed by atoms with Gasteiger partial charge in [-0.2, -0.15) is 4.31 Å². The van der Waals surface area contributed by atoms with E-state index in [1.807, 2.05) is 41.8 Å². The second-order valence-corrected chi connectivity index (χ2v) is 10.6. The van der Waals surface area contributed by atoms with Gasteiger partial charge in [-0.15, -0.1) is 22.7 Å². The lowest BCUT2D eigenvalue weighted by Crippen LogP contribution is -2.40. The van der Waals surface area contributed by atoms with Crippen molar-refractivity contribution in [1.82, 2.24) is 9.21 Å². The highest BCUT2D eigenvalue weighted by Gasteiger charge is 2.26. The predicted molar refractivity (Wildman–Crippen MR) is 116 cm³/mol. The predicted octanol–water partition coefficient (Wildman–Crippen LogP) is 3.67. The fourth-order valence-corrected chi connectivity index (χ4v) is 5.84. The molecule has 0 atom stereocenters. The van der Waals surface area contributed by atoms with Crippen molar-refractivity contribution in [2.45, 2.75) is 17.3 Å². The summed E-state index contributed by atoms with van der Waals surface area (Å²) in [6, 6.07) is 14.6. The van der Waals surface area contributed by atoms with E-state index in [0.29, 0.717) is 18.8 Å². The molecule has 0 radical (unpaired) electrons. The van der Waals surface area contributed by atoms with Gasteiger partial charge in [-0.3, -0.25) is 4.79 Å². The molecule has 2 heterocycles. The molecule has 0 aliphatic carbocycles. The number of amides is 1. The maximum atomic E-state index is 13.1. The molecule has 0 spiro atoms. The van der Waals surface area contributed by atoms with E-state index in [1.54, 1.807) is 40.9 Å². The topological polar surface area (TPSA) is 66.9 Å². The zero-order valence-electron chi connectivity index (χ0n) is 16.1. The first-order valence-corrected chi connectivity index (χ1v) is 12.0. The van der Waals surface area contributed by atoms with Crippen LogP contribution in [-0.4, -0.2) is 44.2 Å². The largest absolute Gasteiger partial charge is 0.496 e. The van der Waals surface area contributed by atoms with Crippen molar-refractivity contribution < 1.29 is 17.9 Å². The Morgan fingerprint density at radius 2 is 1.72 bits per heavy atom. The average Bonchev–Trinajstić information content (AvgIpc) is 3.42. The summed E-state index contributed by atoms with van der Waals surface area (Å²) in [6.45, 7) is 0.496. The molecule has 2 aromatic heterocycles. The summed E-state index contributed by atoms with van der Waals surface area (Å²) < 4.78 is 32.1. The number of nitrogens with zero attached hydrogens (tertiary/aromatic N) is 2. The van der Waals surface area contributed by atoms with Crippen LogP contribution >= 0.6 is 22.7 Å². The minimum atomic E-state index is -3.69. The van der Waals surface area contributed by atoms with Crippen LogP contribution in [0.2, 0.25) is 0 Å². The Kier molecular flexibility index (Phi) is 7.07. The molecule has 9 heteroatoms. The smallest absolute Gasteiger partial charge is 0.252 e. The summed E-state index contributed by atoms with van der Waals surface area (Å²) in [5.41, 5.74) is 0.865. The molecule has 6 nitrogen and oxygen atoms in total. The molecule has 29 heavy (non-hydrogen) atoms. The molecular formula is C20H22N2O4S3. The van der Waals surface area contributed by atoms with Gasteiger partial charge in [0, 0.05) is 24.0 Å². The van der Waals surface area contributed by atoms with Gasteiger partial charge in [0.15, 0.2) is 0 Å². The number of carbonyl (C=O) groups excluding carboxylic acids is 1. The second kappa shape index (κ2) is 9.53. The number of carbonyl (C=O) groups is 1. The van der Waals surface area contributed by atoms with Crippen LogP contribution in [0.25, 0.3) is 0 Å². The van der Waals surface area contributed by atoms with Gasteiger partial charge in [0.1, 0.15) is 9.96 Å². The number of methoxy groups -OCH3 is 1. The molecule has 3 rings (SSSR count). The minimum Gasteiger partial charge on any atom is -0.496 e. The lowest BCUT2D eigenvalue weighted by Gasteiger charge is -2.25. The van der Waals surface area contributed by atoms with Crippen molar-refractivity contribution in [2.24, 2.45) is 0 Å². The Labute approximate surface area is 179 Å². The van der Waals surface area contributed by atoms with Crippen molar-refractivity contribution in [3.05, 3.63) is 69.7 Å². The number of para-hydroxylation sites is 1. The number of likely N-dealkylation sites (N-methyl/N-ethyl adjacent to an activating group) is 1. The molecule has 3 aromatic rings. The summed E-state index contributed by atoms with van der Waals surface area (Å²) in [6.07, 6.45) is 0. The van der Waals surface area contributed by atoms with E-state index in [0.717, 1.165) is 26.1 Å². The third-order valence-electron chi connectivity index (χ3n) is 4.35. The zero-order valence-corrected chi connectivity index (χ0v) is 18.6. The molecule has 0 bridgehead atoms. The number of rotatable bonds is 9. The Hall–Kier alpha value is -2.20. The molecule has 0 unspecified atom stereocenters. The Balaban J connectivity index is 1.80. The maximum Gasteiger partial charge on any atom is 0.252 e. The number of benzene rings is 1. The molecular weight excluding hydrogens is 428 g/mol. The number of hydrogen-bond acceptors (Lipinski definition) is 6. The SMILES string of the molecule is COc1ccccc1CN(Cc1cccs1)C(=O)CN(C)S(=O)(=O)c1cccs1. The van der Waals surface area contributed by atoms with Crippen LogP contribution in [0.3, 0.4) is 0 Å². The average molecular weight is 451 g/mol. The standard InChI is InChI=1S/C20H22N2O4S3/c1-21(29(24,25)20-10-6-12-28-20)15-19(23)22(14-17-8-5-11-27-17)13-16-7-3-4-9-18(16)26-2/h3-12H,13-15H2,1-2H3. The summed E-state index contributed by atoms with van der Waals surface area (Å²) in [7, 11) is -0.671. The van der Waals surface area contributed by atoms with E-state index in [9.17, 15) is 13.2 Å². The normalized spacial score (nSPS) is 11.6. The number of ether oxygens (including phenoxy) is 1. The van der Waals surface area contributed by atoms with Crippen LogP contribution in [0.4, 0.5) is 0 Å². The fourth-order valence-electron chi connectivity index (χ4n) is 2.80. The number of sulfonamides is 1. The monoisotopic (exact) mass is 450 g/mol. The van der Waals surface area contributed by atoms with Crippen molar-refractivity contribution in [3.63, 3.8) is 0 Å². The highest BCUT2D eigenvalue weighted by molar-refractivity contribution is 7.91. The first kappa shape index (κ1) is 21.5. The first-order chi connectivity index (χ1) is 13.9. The van der Waals surface area contributed by atoms with Crippen LogP contribution in [0.1, 0.15) is 10.4 Å². The van der Waals surface area contributed by atoms with E-state index >= 15 is 0 Å². The van der Waals surface area contributed by atoms with Crippen LogP contribution in [0.15, 0.2) is 63.5 Å². The molecule has 0 saturated heterocycles. The molecule has 0 saturated carbocycles. The van der Waals surface area contributed by atoms with Crippen LogP contribution < -0.4 is 4.74 Å². The molecule has 1 amide bonds. The van der Waals surface area contributed by atoms with Crippen LogP contribution in [0.5, 0.6) is 5.75 Å². The van der Waals surface area contributed by atoms with Gasteiger partial charge in [0.25, 0.3) is 10.0 Å². The highest BCUT2D eigenvalue weighted by atomic mass is 32.2. The summed E-state index contributed by atoms with van der Waals surface area (Å²) in [5, 5.41) is 3.65. The van der Waals surface area contributed by atoms with Gasteiger partial charge >= 0.3 is 0 Å². The van der Waals surface area contributed by atoms with Crippen molar-refractivity contribution in [1.29, 1.82) is 0 Å². The van der Waals surface area contributed by atoms with E-state index < -0.39 is 10.0 Å². The molecule has 0 aliphatic heterocycles. The molecule has 0 aliphatic rings. The van der Waals surface area contributed by atoms with Crippen molar-refractivity contribution in [3.8, 4) is 5.75 Å². The van der Waals surface area contributed by atoms with Crippen LogP contribution in [0, 0.1) is 0 Å². The number of hydrogen-bond donors (Lipinski definition) is 0. The van der Waals surface area contributed by atoms with Gasteiger partial charge in [-0.05, 0) is 29.0 Å². The minimum absolute atomic E-state index is 0.224. The zero-order chi connectivity index (χ0) is 20.9. The van der Waals surface area contributed by atoms with Gasteiger partial charge in [0.05, 0.1) is 20.2 Å². The third kappa shape index (κ3) is 5.24. The highest BCUT2D eigenvalue weighted by Crippen LogP contribution is 2.23. The molecule has 0 fully saturated rings. The lowest BCUT2D eigenvalue weighted by molar-refractivity contribution is -0.132. The maximum absolute atomic E-state index is 13.1. The Bertz CT molecular complexity index is 1030. The summed E-state index contributed by atoms with van der Waals surface area (Å²) >= 11 is 2.69. The van der Waals surface area contributed by atoms with E-state index in [4.69, 9.17) is 4.74 Å². The van der Waals surface area contributed by atoms with E-state index in [1.165, 1.54) is 7.05 Å². The summed E-state index contributed by atoms with van der Waals surface area (Å²) in [4.78, 5) is 15.8. The van der Waals surface area contributed by atoms with Gasteiger partial charge in [-0.25, -0.2) is 8.42 Å².